The molecule has 0 unspecified atom stereocenters. The molecule has 0 aliphatic rings. The van der Waals surface area contributed by atoms with Gasteiger partial charge in [-0.1, -0.05) is 18.2 Å². The number of hydrogen-bond acceptors (Lipinski definition) is 2. The first-order valence-electron chi connectivity index (χ1n) is 5.85. The molecule has 0 bridgehead atoms. The summed E-state index contributed by atoms with van der Waals surface area (Å²) in [6.07, 6.45) is 0. The fourth-order valence-electron chi connectivity index (χ4n) is 1.78. The van der Waals surface area contributed by atoms with Gasteiger partial charge in [0.05, 0.1) is 10.6 Å². The van der Waals surface area contributed by atoms with Crippen LogP contribution >= 0.6 is 0 Å². The summed E-state index contributed by atoms with van der Waals surface area (Å²) >= 11 is 0. The van der Waals surface area contributed by atoms with Crippen LogP contribution in [0.1, 0.15) is 11.1 Å². The van der Waals surface area contributed by atoms with E-state index in [1.807, 2.05) is 0 Å². The first-order chi connectivity index (χ1) is 9.31. The van der Waals surface area contributed by atoms with Crippen molar-refractivity contribution in [3.8, 4) is 0 Å². The highest BCUT2D eigenvalue weighted by molar-refractivity contribution is 7.92. The number of nitrogens with one attached hydrogen (secondary N) is 1. The Morgan fingerprint density at radius 2 is 1.60 bits per heavy atom. The van der Waals surface area contributed by atoms with Crippen molar-refractivity contribution in [1.29, 1.82) is 0 Å². The molecule has 3 nitrogen and oxygen atoms in total. The number of hydrogen-bond donors (Lipinski definition) is 1. The number of halogens is 2. The quantitative estimate of drug-likeness (QED) is 0.944. The average Bonchev–Trinajstić information content (AvgIpc) is 2.36. The van der Waals surface area contributed by atoms with Crippen LogP contribution in [0.15, 0.2) is 41.3 Å². The van der Waals surface area contributed by atoms with Crippen molar-refractivity contribution in [3.05, 3.63) is 59.2 Å². The molecule has 0 saturated carbocycles. The Hall–Kier alpha value is -1.95. The number of rotatable bonds is 3. The van der Waals surface area contributed by atoms with Gasteiger partial charge in [-0.25, -0.2) is 17.2 Å². The average molecular weight is 297 g/mol. The lowest BCUT2D eigenvalue weighted by molar-refractivity contribution is 0.590. The number of aryl methyl sites for hydroxylation is 2. The predicted octanol–water partition coefficient (Wildman–Crippen LogP) is 3.38. The minimum absolute atomic E-state index is 0.0281. The van der Waals surface area contributed by atoms with E-state index in [-0.39, 0.29) is 10.5 Å². The van der Waals surface area contributed by atoms with E-state index in [4.69, 9.17) is 0 Å². The molecule has 106 valence electrons. The zero-order chi connectivity index (χ0) is 14.9. The van der Waals surface area contributed by atoms with Crippen LogP contribution < -0.4 is 4.72 Å². The van der Waals surface area contributed by atoms with Crippen LogP contribution in [0.2, 0.25) is 0 Å². The molecule has 20 heavy (non-hydrogen) atoms. The fraction of sp³-hybridized carbons (Fsp3) is 0.143. The summed E-state index contributed by atoms with van der Waals surface area (Å²) in [7, 11) is -3.95. The zero-order valence-corrected chi connectivity index (χ0v) is 11.8. The molecule has 0 amide bonds. The number of sulfonamides is 1. The lowest BCUT2D eigenvalue weighted by Gasteiger charge is -2.11. The maximum Gasteiger partial charge on any atom is 0.262 e. The molecule has 0 spiro atoms. The van der Waals surface area contributed by atoms with Crippen molar-refractivity contribution in [2.75, 3.05) is 4.72 Å². The van der Waals surface area contributed by atoms with Crippen molar-refractivity contribution >= 4 is 15.7 Å². The Kier molecular flexibility index (Phi) is 3.76. The van der Waals surface area contributed by atoms with E-state index >= 15 is 0 Å². The summed E-state index contributed by atoms with van der Waals surface area (Å²) in [6.45, 7) is 3.03. The first kappa shape index (κ1) is 14.5. The predicted molar refractivity (Wildman–Crippen MR) is 73.1 cm³/mol. The van der Waals surface area contributed by atoms with E-state index in [9.17, 15) is 17.2 Å². The van der Waals surface area contributed by atoms with Gasteiger partial charge < -0.3 is 0 Å². The Bertz CT molecular complexity index is 758. The maximum absolute atomic E-state index is 13.7. The standard InChI is InChI=1S/C14H13F2NO2S/c1-9-5-3-4-6-14(9)20(18,19)17-13-8-11(15)10(2)7-12(13)16/h3-8,17H,1-2H3. The third-order valence-electron chi connectivity index (χ3n) is 2.88. The van der Waals surface area contributed by atoms with Gasteiger partial charge in [0.2, 0.25) is 0 Å². The molecule has 1 N–H and O–H groups in total. The monoisotopic (exact) mass is 297 g/mol. The van der Waals surface area contributed by atoms with Crippen LogP contribution in [-0.2, 0) is 10.0 Å². The van der Waals surface area contributed by atoms with Gasteiger partial charge in [0.15, 0.2) is 0 Å². The highest BCUT2D eigenvalue weighted by Crippen LogP contribution is 2.23. The molecule has 0 saturated heterocycles. The molecular formula is C14H13F2NO2S. The third-order valence-corrected chi connectivity index (χ3v) is 4.40. The van der Waals surface area contributed by atoms with E-state index in [1.165, 1.54) is 13.0 Å². The molecule has 0 aliphatic heterocycles. The van der Waals surface area contributed by atoms with E-state index in [2.05, 4.69) is 4.72 Å². The molecule has 0 fully saturated rings. The second-order valence-electron chi connectivity index (χ2n) is 4.45. The van der Waals surface area contributed by atoms with Gasteiger partial charge in [-0.05, 0) is 37.1 Å². The van der Waals surface area contributed by atoms with Gasteiger partial charge in [0.25, 0.3) is 10.0 Å². The molecule has 6 heteroatoms. The summed E-state index contributed by atoms with van der Waals surface area (Å²) in [5.74, 6) is -1.49. The molecule has 0 radical (unpaired) electrons. The third kappa shape index (κ3) is 2.80. The second-order valence-corrected chi connectivity index (χ2v) is 6.10. The van der Waals surface area contributed by atoms with Crippen molar-refractivity contribution in [2.45, 2.75) is 18.7 Å². The number of anilines is 1. The molecule has 0 aliphatic carbocycles. The van der Waals surface area contributed by atoms with Gasteiger partial charge in [0, 0.05) is 6.07 Å². The Morgan fingerprint density at radius 3 is 2.25 bits per heavy atom. The van der Waals surface area contributed by atoms with E-state index < -0.39 is 27.3 Å². The van der Waals surface area contributed by atoms with Crippen LogP contribution in [0, 0.1) is 25.5 Å². The molecule has 2 aromatic carbocycles. The minimum atomic E-state index is -3.95. The number of benzene rings is 2. The molecule has 2 aromatic rings. The second kappa shape index (κ2) is 5.20. The van der Waals surface area contributed by atoms with E-state index in [1.54, 1.807) is 25.1 Å². The first-order valence-corrected chi connectivity index (χ1v) is 7.33. The normalized spacial score (nSPS) is 11.4. The molecular weight excluding hydrogens is 284 g/mol. The smallest absolute Gasteiger partial charge is 0.262 e. The molecule has 0 aromatic heterocycles. The van der Waals surface area contributed by atoms with Crippen LogP contribution in [0.4, 0.5) is 14.5 Å². The van der Waals surface area contributed by atoms with E-state index in [0.29, 0.717) is 5.56 Å². The molecule has 0 heterocycles. The van der Waals surface area contributed by atoms with Gasteiger partial charge in [-0.3, -0.25) is 4.72 Å². The van der Waals surface area contributed by atoms with E-state index in [0.717, 1.165) is 12.1 Å². The molecule has 0 atom stereocenters. The Balaban J connectivity index is 2.44. The summed E-state index contributed by atoms with van der Waals surface area (Å²) < 4.78 is 53.5. The summed E-state index contributed by atoms with van der Waals surface area (Å²) in [5, 5.41) is 0. The highest BCUT2D eigenvalue weighted by atomic mass is 32.2. The largest absolute Gasteiger partial charge is 0.277 e. The van der Waals surface area contributed by atoms with Crippen LogP contribution in [0.5, 0.6) is 0 Å². The van der Waals surface area contributed by atoms with Gasteiger partial charge >= 0.3 is 0 Å². The Morgan fingerprint density at radius 1 is 0.950 bits per heavy atom. The highest BCUT2D eigenvalue weighted by Gasteiger charge is 2.19. The van der Waals surface area contributed by atoms with Crippen molar-refractivity contribution in [2.24, 2.45) is 0 Å². The SMILES string of the molecule is Cc1cc(F)c(NS(=O)(=O)c2ccccc2C)cc1F. The van der Waals surface area contributed by atoms with Crippen LogP contribution in [0.25, 0.3) is 0 Å². The van der Waals surface area contributed by atoms with Crippen molar-refractivity contribution in [1.82, 2.24) is 0 Å². The van der Waals surface area contributed by atoms with Crippen molar-refractivity contribution in [3.63, 3.8) is 0 Å². The van der Waals surface area contributed by atoms with Crippen LogP contribution in [-0.4, -0.2) is 8.42 Å². The minimum Gasteiger partial charge on any atom is -0.277 e. The molecule has 2 rings (SSSR count). The van der Waals surface area contributed by atoms with Gasteiger partial charge in [-0.15, -0.1) is 0 Å². The summed E-state index contributed by atoms with van der Waals surface area (Å²) in [5.41, 5.74) is 0.227. The summed E-state index contributed by atoms with van der Waals surface area (Å²) in [6, 6.07) is 8.07. The van der Waals surface area contributed by atoms with Crippen molar-refractivity contribution < 1.29 is 17.2 Å². The Labute approximate surface area is 116 Å². The summed E-state index contributed by atoms with van der Waals surface area (Å²) in [4.78, 5) is 0.0281. The lowest BCUT2D eigenvalue weighted by Crippen LogP contribution is -2.15. The lowest BCUT2D eigenvalue weighted by atomic mass is 10.2. The fourth-order valence-corrected chi connectivity index (χ4v) is 3.09. The topological polar surface area (TPSA) is 46.2 Å². The zero-order valence-electron chi connectivity index (χ0n) is 10.9. The van der Waals surface area contributed by atoms with Crippen LogP contribution in [0.3, 0.4) is 0 Å². The maximum atomic E-state index is 13.7. The van der Waals surface area contributed by atoms with Gasteiger partial charge in [-0.2, -0.15) is 0 Å². The van der Waals surface area contributed by atoms with Gasteiger partial charge in [0.1, 0.15) is 11.6 Å².